The van der Waals surface area contributed by atoms with E-state index < -0.39 is 10.9 Å². The molecule has 0 spiro atoms. The fourth-order valence-electron chi connectivity index (χ4n) is 1.27. The molecule has 0 aliphatic carbocycles. The zero-order valence-corrected chi connectivity index (χ0v) is 8.27. The minimum absolute atomic E-state index is 0.100. The molecule has 6 heteroatoms. The number of carboxylic acid groups (broad SMARTS) is 1. The molecule has 0 heterocycles. The predicted octanol–water partition coefficient (Wildman–Crippen LogP) is 1.64. The SMILES string of the molecule is CNc1cc(C(=O)O)cc([N+](=O)[O-])c1C. The van der Waals surface area contributed by atoms with Gasteiger partial charge in [-0.05, 0) is 13.0 Å². The van der Waals surface area contributed by atoms with Gasteiger partial charge in [-0.1, -0.05) is 0 Å². The van der Waals surface area contributed by atoms with Gasteiger partial charge in [-0.2, -0.15) is 0 Å². The quantitative estimate of drug-likeness (QED) is 0.584. The van der Waals surface area contributed by atoms with Crippen LogP contribution in [0.15, 0.2) is 12.1 Å². The van der Waals surface area contributed by atoms with Gasteiger partial charge in [-0.15, -0.1) is 0 Å². The Bertz CT molecular complexity index is 428. The Hall–Kier alpha value is -2.11. The third kappa shape index (κ3) is 2.04. The molecule has 0 atom stereocenters. The fourth-order valence-corrected chi connectivity index (χ4v) is 1.27. The average molecular weight is 210 g/mol. The number of nitro benzene ring substituents is 1. The molecule has 0 saturated heterocycles. The highest BCUT2D eigenvalue weighted by atomic mass is 16.6. The molecule has 0 fully saturated rings. The minimum Gasteiger partial charge on any atom is -0.478 e. The molecule has 1 rings (SSSR count). The monoisotopic (exact) mass is 210 g/mol. The highest BCUT2D eigenvalue weighted by Gasteiger charge is 2.18. The highest BCUT2D eigenvalue weighted by molar-refractivity contribution is 5.90. The van der Waals surface area contributed by atoms with E-state index in [0.717, 1.165) is 6.07 Å². The van der Waals surface area contributed by atoms with E-state index in [2.05, 4.69) is 5.32 Å². The Kier molecular flexibility index (Phi) is 2.89. The maximum Gasteiger partial charge on any atom is 0.336 e. The molecule has 0 bridgehead atoms. The molecule has 2 N–H and O–H groups in total. The van der Waals surface area contributed by atoms with Crippen LogP contribution in [0.4, 0.5) is 11.4 Å². The number of anilines is 1. The molecule has 0 aliphatic rings. The van der Waals surface area contributed by atoms with Crippen LogP contribution in [0.5, 0.6) is 0 Å². The Balaban J connectivity index is 3.45. The van der Waals surface area contributed by atoms with Gasteiger partial charge >= 0.3 is 5.97 Å². The summed E-state index contributed by atoms with van der Waals surface area (Å²) in [5.74, 6) is -1.19. The van der Waals surface area contributed by atoms with E-state index in [0.29, 0.717) is 11.3 Å². The number of aromatic carboxylic acids is 1. The second-order valence-corrected chi connectivity index (χ2v) is 2.98. The summed E-state index contributed by atoms with van der Waals surface area (Å²) in [6, 6.07) is 2.42. The lowest BCUT2D eigenvalue weighted by molar-refractivity contribution is -0.385. The Morgan fingerprint density at radius 1 is 1.53 bits per heavy atom. The number of benzene rings is 1. The zero-order valence-electron chi connectivity index (χ0n) is 8.27. The van der Waals surface area contributed by atoms with Crippen LogP contribution in [0.2, 0.25) is 0 Å². The summed E-state index contributed by atoms with van der Waals surface area (Å²) >= 11 is 0. The van der Waals surface area contributed by atoms with Crippen molar-refractivity contribution >= 4 is 17.3 Å². The Morgan fingerprint density at radius 3 is 2.53 bits per heavy atom. The van der Waals surface area contributed by atoms with Crippen LogP contribution in [0.25, 0.3) is 0 Å². The van der Waals surface area contributed by atoms with Crippen LogP contribution in [-0.2, 0) is 0 Å². The fraction of sp³-hybridized carbons (Fsp3) is 0.222. The van der Waals surface area contributed by atoms with E-state index in [1.165, 1.54) is 6.07 Å². The summed E-state index contributed by atoms with van der Waals surface area (Å²) < 4.78 is 0. The Labute approximate surface area is 85.7 Å². The molecule has 15 heavy (non-hydrogen) atoms. The van der Waals surface area contributed by atoms with Gasteiger partial charge in [0, 0.05) is 24.4 Å². The van der Waals surface area contributed by atoms with Crippen molar-refractivity contribution in [3.8, 4) is 0 Å². The molecule has 0 saturated carbocycles. The molecular weight excluding hydrogens is 200 g/mol. The molecule has 6 nitrogen and oxygen atoms in total. The summed E-state index contributed by atoms with van der Waals surface area (Å²) in [4.78, 5) is 20.8. The van der Waals surface area contributed by atoms with Gasteiger partial charge < -0.3 is 10.4 Å². The smallest absolute Gasteiger partial charge is 0.336 e. The first kappa shape index (κ1) is 11.0. The molecular formula is C9H10N2O4. The van der Waals surface area contributed by atoms with E-state index >= 15 is 0 Å². The molecule has 0 aliphatic heterocycles. The first-order valence-electron chi connectivity index (χ1n) is 4.17. The van der Waals surface area contributed by atoms with Crippen molar-refractivity contribution in [2.45, 2.75) is 6.92 Å². The highest BCUT2D eigenvalue weighted by Crippen LogP contribution is 2.27. The van der Waals surface area contributed by atoms with E-state index in [1.807, 2.05) is 0 Å². The summed E-state index contributed by atoms with van der Waals surface area (Å²) in [6.45, 7) is 1.57. The predicted molar refractivity (Wildman–Crippen MR) is 54.3 cm³/mol. The number of carbonyl (C=O) groups is 1. The first-order chi connectivity index (χ1) is 6.97. The van der Waals surface area contributed by atoms with Gasteiger partial charge in [-0.3, -0.25) is 10.1 Å². The van der Waals surface area contributed by atoms with Gasteiger partial charge in [0.2, 0.25) is 0 Å². The maximum atomic E-state index is 10.7. The van der Waals surface area contributed by atoms with Crippen LogP contribution in [0.1, 0.15) is 15.9 Å². The molecule has 0 amide bonds. The molecule has 0 unspecified atom stereocenters. The maximum absolute atomic E-state index is 10.7. The lowest BCUT2D eigenvalue weighted by Gasteiger charge is -2.06. The first-order valence-corrected chi connectivity index (χ1v) is 4.17. The zero-order chi connectivity index (χ0) is 11.6. The summed E-state index contributed by atoms with van der Waals surface area (Å²) in [7, 11) is 1.58. The Morgan fingerprint density at radius 2 is 2.13 bits per heavy atom. The summed E-state index contributed by atoms with van der Waals surface area (Å²) in [5.41, 5.74) is 0.574. The van der Waals surface area contributed by atoms with Crippen LogP contribution in [0.3, 0.4) is 0 Å². The number of nitrogens with one attached hydrogen (secondary N) is 1. The normalized spacial score (nSPS) is 9.73. The van der Waals surface area contributed by atoms with Crippen molar-refractivity contribution in [2.24, 2.45) is 0 Å². The summed E-state index contributed by atoms with van der Waals surface area (Å²) in [6.07, 6.45) is 0. The van der Waals surface area contributed by atoms with Gasteiger partial charge in [0.25, 0.3) is 5.69 Å². The van der Waals surface area contributed by atoms with Crippen molar-refractivity contribution in [3.05, 3.63) is 33.4 Å². The third-order valence-electron chi connectivity index (χ3n) is 2.09. The van der Waals surface area contributed by atoms with Crippen molar-refractivity contribution in [2.75, 3.05) is 12.4 Å². The van der Waals surface area contributed by atoms with Crippen LogP contribution in [-0.4, -0.2) is 23.0 Å². The van der Waals surface area contributed by atoms with E-state index in [1.54, 1.807) is 14.0 Å². The van der Waals surface area contributed by atoms with Crippen molar-refractivity contribution in [3.63, 3.8) is 0 Å². The second kappa shape index (κ2) is 3.95. The number of rotatable bonds is 3. The van der Waals surface area contributed by atoms with Crippen molar-refractivity contribution < 1.29 is 14.8 Å². The molecule has 1 aromatic rings. The minimum atomic E-state index is -1.19. The number of carboxylic acids is 1. The molecule has 80 valence electrons. The van der Waals surface area contributed by atoms with Crippen molar-refractivity contribution in [1.29, 1.82) is 0 Å². The van der Waals surface area contributed by atoms with E-state index in [-0.39, 0.29) is 11.3 Å². The topological polar surface area (TPSA) is 92.5 Å². The third-order valence-corrected chi connectivity index (χ3v) is 2.09. The van der Waals surface area contributed by atoms with E-state index in [9.17, 15) is 14.9 Å². The molecule has 0 radical (unpaired) electrons. The van der Waals surface area contributed by atoms with Gasteiger partial charge in [0.05, 0.1) is 10.5 Å². The average Bonchev–Trinajstić information content (AvgIpc) is 2.17. The number of hydrogen-bond donors (Lipinski definition) is 2. The summed E-state index contributed by atoms with van der Waals surface area (Å²) in [5, 5.41) is 22.1. The standard InChI is InChI=1S/C9H10N2O4/c1-5-7(10-2)3-6(9(12)13)4-8(5)11(14)15/h3-4,10H,1-2H3,(H,12,13). The van der Waals surface area contributed by atoms with Crippen LogP contribution >= 0.6 is 0 Å². The molecule has 0 aromatic heterocycles. The second-order valence-electron chi connectivity index (χ2n) is 2.98. The largest absolute Gasteiger partial charge is 0.478 e. The van der Waals surface area contributed by atoms with Gasteiger partial charge in [0.15, 0.2) is 0 Å². The molecule has 1 aromatic carbocycles. The van der Waals surface area contributed by atoms with Gasteiger partial charge in [-0.25, -0.2) is 4.79 Å². The lowest BCUT2D eigenvalue weighted by atomic mass is 10.1. The number of hydrogen-bond acceptors (Lipinski definition) is 4. The van der Waals surface area contributed by atoms with Gasteiger partial charge in [0.1, 0.15) is 0 Å². The van der Waals surface area contributed by atoms with Crippen LogP contribution in [0, 0.1) is 17.0 Å². The number of nitrogens with zero attached hydrogens (tertiary/aromatic N) is 1. The van der Waals surface area contributed by atoms with E-state index in [4.69, 9.17) is 5.11 Å². The lowest BCUT2D eigenvalue weighted by Crippen LogP contribution is -2.03. The number of nitro groups is 1. The van der Waals surface area contributed by atoms with Crippen molar-refractivity contribution in [1.82, 2.24) is 0 Å². The van der Waals surface area contributed by atoms with Crippen LogP contribution < -0.4 is 5.32 Å².